The summed E-state index contributed by atoms with van der Waals surface area (Å²) >= 11 is 0. The van der Waals surface area contributed by atoms with Crippen LogP contribution >= 0.6 is 0 Å². The highest BCUT2D eigenvalue weighted by molar-refractivity contribution is 6.12. The molecule has 0 N–H and O–H groups in total. The minimum absolute atomic E-state index is 0.722. The van der Waals surface area contributed by atoms with Crippen LogP contribution in [0.3, 0.4) is 0 Å². The van der Waals surface area contributed by atoms with Crippen molar-refractivity contribution in [3.63, 3.8) is 0 Å². The molecule has 16 heavy (non-hydrogen) atoms. The van der Waals surface area contributed by atoms with Gasteiger partial charge in [-0.1, -0.05) is 46.4 Å². The van der Waals surface area contributed by atoms with Crippen LogP contribution in [-0.4, -0.2) is 7.85 Å². The first-order valence-electron chi connectivity index (χ1n) is 7.49. The zero-order chi connectivity index (χ0) is 11.9. The van der Waals surface area contributed by atoms with E-state index in [-0.39, 0.29) is 0 Å². The van der Waals surface area contributed by atoms with E-state index < -0.39 is 0 Å². The lowest BCUT2D eigenvalue weighted by Gasteiger charge is -2.51. The van der Waals surface area contributed by atoms with Crippen LogP contribution in [0.5, 0.6) is 0 Å². The summed E-state index contributed by atoms with van der Waals surface area (Å²) in [6.45, 7) is 9.93. The van der Waals surface area contributed by atoms with Crippen LogP contribution in [0.15, 0.2) is 0 Å². The maximum Gasteiger partial charge on any atom is 0.106 e. The van der Waals surface area contributed by atoms with E-state index in [0.717, 1.165) is 34.9 Å². The predicted molar refractivity (Wildman–Crippen MR) is 74.5 cm³/mol. The van der Waals surface area contributed by atoms with Crippen LogP contribution in [0.2, 0.25) is 5.82 Å². The van der Waals surface area contributed by atoms with Crippen LogP contribution < -0.4 is 0 Å². The molecule has 0 saturated heterocycles. The summed E-state index contributed by atoms with van der Waals surface area (Å²) in [6.07, 6.45) is 7.52. The molecule has 0 nitrogen and oxygen atoms in total. The zero-order valence-corrected chi connectivity index (χ0v) is 11.9. The molecule has 0 aliphatic heterocycles. The molecule has 0 aromatic rings. The highest BCUT2D eigenvalue weighted by atomic mass is 14.6. The van der Waals surface area contributed by atoms with Gasteiger partial charge in [0.2, 0.25) is 0 Å². The Morgan fingerprint density at radius 1 is 1.12 bits per heavy atom. The van der Waals surface area contributed by atoms with Crippen molar-refractivity contribution in [2.45, 2.75) is 65.6 Å². The summed E-state index contributed by atoms with van der Waals surface area (Å²) in [5.41, 5.74) is 0.722. The molecule has 2 fully saturated rings. The van der Waals surface area contributed by atoms with Gasteiger partial charge in [0, 0.05) is 0 Å². The van der Waals surface area contributed by atoms with Gasteiger partial charge in [-0.05, 0) is 48.3 Å². The predicted octanol–water partition coefficient (Wildman–Crippen LogP) is 3.92. The summed E-state index contributed by atoms with van der Waals surface area (Å²) < 4.78 is 0. The van der Waals surface area contributed by atoms with Gasteiger partial charge in [-0.3, -0.25) is 0 Å². The van der Waals surface area contributed by atoms with Crippen LogP contribution in [0.25, 0.3) is 0 Å². The Morgan fingerprint density at radius 3 is 2.44 bits per heavy atom. The summed E-state index contributed by atoms with van der Waals surface area (Å²) in [5.74, 6) is 4.75. The van der Waals surface area contributed by atoms with E-state index in [1.807, 2.05) is 0 Å². The summed E-state index contributed by atoms with van der Waals surface area (Å²) in [4.78, 5) is 0. The van der Waals surface area contributed by atoms with Crippen LogP contribution in [0.4, 0.5) is 0 Å². The molecule has 2 saturated carbocycles. The van der Waals surface area contributed by atoms with Gasteiger partial charge in [0.25, 0.3) is 0 Å². The van der Waals surface area contributed by atoms with Gasteiger partial charge in [0.05, 0.1) is 0 Å². The summed E-state index contributed by atoms with van der Waals surface area (Å²) in [7, 11) is 2.51. The van der Waals surface area contributed by atoms with E-state index in [0.29, 0.717) is 0 Å². The first kappa shape index (κ1) is 12.5. The maximum absolute atomic E-state index is 2.56. The molecule has 2 rings (SSSR count). The Hall–Kier alpha value is 0.0649. The summed E-state index contributed by atoms with van der Waals surface area (Å²) in [5, 5.41) is 0. The average Bonchev–Trinajstić information content (AvgIpc) is 2.66. The van der Waals surface area contributed by atoms with Gasteiger partial charge < -0.3 is 0 Å². The Balaban J connectivity index is 2.23. The fourth-order valence-electron chi connectivity index (χ4n) is 5.00. The second-order valence-corrected chi connectivity index (χ2v) is 7.14. The molecule has 1 heteroatoms. The standard InChI is InChI=1S/C15H29B/c1-10(2)13-6-5-8-15(13)9-7-11(3)14(16)12(15)4/h10-14H,5-9,16H2,1-4H3. The minimum Gasteiger partial charge on any atom is -0.0641 e. The van der Waals surface area contributed by atoms with Crippen molar-refractivity contribution in [1.29, 1.82) is 0 Å². The number of hydrogen-bond acceptors (Lipinski definition) is 0. The first-order valence-corrected chi connectivity index (χ1v) is 7.49. The fourth-order valence-corrected chi connectivity index (χ4v) is 5.00. The van der Waals surface area contributed by atoms with E-state index in [2.05, 4.69) is 35.5 Å². The third-order valence-electron chi connectivity index (χ3n) is 6.36. The Labute approximate surface area is 103 Å². The molecular formula is C15H29B. The minimum atomic E-state index is 0.722. The van der Waals surface area contributed by atoms with Gasteiger partial charge in [0.1, 0.15) is 7.85 Å². The molecule has 5 atom stereocenters. The van der Waals surface area contributed by atoms with Crippen LogP contribution in [0, 0.1) is 29.1 Å². The van der Waals surface area contributed by atoms with E-state index >= 15 is 0 Å². The topological polar surface area (TPSA) is 0 Å². The molecule has 5 unspecified atom stereocenters. The molecular weight excluding hydrogens is 191 g/mol. The quantitative estimate of drug-likeness (QED) is 0.587. The van der Waals surface area contributed by atoms with Crippen molar-refractivity contribution >= 4 is 7.85 Å². The maximum atomic E-state index is 2.56. The van der Waals surface area contributed by atoms with Crippen molar-refractivity contribution < 1.29 is 0 Å². The van der Waals surface area contributed by atoms with Crippen LogP contribution in [0.1, 0.15) is 59.8 Å². The van der Waals surface area contributed by atoms with Crippen LogP contribution in [-0.2, 0) is 0 Å². The molecule has 0 aromatic carbocycles. The second-order valence-electron chi connectivity index (χ2n) is 7.14. The van der Waals surface area contributed by atoms with Gasteiger partial charge in [-0.15, -0.1) is 0 Å². The van der Waals surface area contributed by atoms with Crippen molar-refractivity contribution in [1.82, 2.24) is 0 Å². The molecule has 0 heterocycles. The highest BCUT2D eigenvalue weighted by Crippen LogP contribution is 2.61. The highest BCUT2D eigenvalue weighted by Gasteiger charge is 2.51. The Kier molecular flexibility index (Phi) is 3.43. The average molecular weight is 220 g/mol. The monoisotopic (exact) mass is 220 g/mol. The lowest BCUT2D eigenvalue weighted by molar-refractivity contribution is 0.0186. The lowest BCUT2D eigenvalue weighted by atomic mass is 9.49. The van der Waals surface area contributed by atoms with Crippen molar-refractivity contribution in [2.24, 2.45) is 29.1 Å². The largest absolute Gasteiger partial charge is 0.106 e. The van der Waals surface area contributed by atoms with Crippen molar-refractivity contribution in [3.8, 4) is 0 Å². The van der Waals surface area contributed by atoms with Gasteiger partial charge >= 0.3 is 0 Å². The third kappa shape index (κ3) is 1.75. The lowest BCUT2D eigenvalue weighted by Crippen LogP contribution is -2.42. The van der Waals surface area contributed by atoms with Crippen molar-refractivity contribution in [3.05, 3.63) is 0 Å². The van der Waals surface area contributed by atoms with Gasteiger partial charge in [-0.2, -0.15) is 0 Å². The van der Waals surface area contributed by atoms with Gasteiger partial charge in [-0.25, -0.2) is 0 Å². The van der Waals surface area contributed by atoms with Crippen molar-refractivity contribution in [2.75, 3.05) is 0 Å². The molecule has 0 aromatic heterocycles. The summed E-state index contributed by atoms with van der Waals surface area (Å²) in [6, 6.07) is 0. The van der Waals surface area contributed by atoms with Gasteiger partial charge in [0.15, 0.2) is 0 Å². The Bertz CT molecular complexity index is 248. The van der Waals surface area contributed by atoms with E-state index in [1.54, 1.807) is 0 Å². The molecule has 2 aliphatic carbocycles. The molecule has 0 radical (unpaired) electrons. The first-order chi connectivity index (χ1) is 7.49. The Morgan fingerprint density at radius 2 is 1.81 bits per heavy atom. The van der Waals surface area contributed by atoms with E-state index in [4.69, 9.17) is 0 Å². The molecule has 1 spiro atoms. The number of rotatable bonds is 1. The normalized spacial score (nSPS) is 49.1. The molecule has 92 valence electrons. The van der Waals surface area contributed by atoms with E-state index in [9.17, 15) is 0 Å². The molecule has 0 bridgehead atoms. The number of hydrogen-bond donors (Lipinski definition) is 0. The molecule has 0 amide bonds. The fraction of sp³-hybridized carbons (Fsp3) is 1.00. The second kappa shape index (κ2) is 4.39. The smallest absolute Gasteiger partial charge is 0.0641 e. The molecule has 2 aliphatic rings. The SMILES string of the molecule is BC1C(C)CCC2(CCCC2C(C)C)C1C. The van der Waals surface area contributed by atoms with E-state index in [1.165, 1.54) is 32.1 Å². The zero-order valence-electron chi connectivity index (χ0n) is 11.9. The third-order valence-corrected chi connectivity index (χ3v) is 6.36.